The van der Waals surface area contributed by atoms with E-state index in [1.807, 2.05) is 13.0 Å². The molecule has 2 N–H and O–H groups in total. The van der Waals surface area contributed by atoms with E-state index in [0.29, 0.717) is 17.9 Å². The van der Waals surface area contributed by atoms with Gasteiger partial charge < -0.3 is 38.6 Å². The summed E-state index contributed by atoms with van der Waals surface area (Å²) in [6.07, 6.45) is 1.02. The van der Waals surface area contributed by atoms with E-state index in [1.54, 1.807) is 45.2 Å². The first kappa shape index (κ1) is 37.2. The van der Waals surface area contributed by atoms with Crippen molar-refractivity contribution in [2.45, 2.75) is 95.7 Å². The minimum atomic E-state index is -1.81. The number of anilines is 1. The summed E-state index contributed by atoms with van der Waals surface area (Å²) in [4.78, 5) is 54.7. The maximum absolute atomic E-state index is 14.0. The molecular weight excluding hydrogens is 646 g/mol. The van der Waals surface area contributed by atoms with Gasteiger partial charge in [0.2, 0.25) is 11.8 Å². The zero-order valence-electron chi connectivity index (χ0n) is 28.9. The lowest BCUT2D eigenvalue weighted by Gasteiger charge is -2.42. The molecule has 4 bridgehead atoms. The molecule has 3 aliphatic rings. The maximum Gasteiger partial charge on any atom is 0.409 e. The average molecular weight is 692 g/mol. The molecule has 1 unspecified atom stereocenters. The number of nitrogens with one attached hydrogen (secondary N) is 1. The van der Waals surface area contributed by atoms with Gasteiger partial charge in [0.1, 0.15) is 40.7 Å². The Balaban J connectivity index is 1.80. The number of benzene rings is 1. The van der Waals surface area contributed by atoms with Gasteiger partial charge in [0.15, 0.2) is 5.72 Å². The normalized spacial score (nSPS) is 31.4. The van der Waals surface area contributed by atoms with Crippen LogP contribution in [0.3, 0.4) is 0 Å². The number of nitrogens with zero attached hydrogens (tertiary/aromatic N) is 2. The lowest BCUT2D eigenvalue weighted by Crippen LogP contribution is -2.63. The van der Waals surface area contributed by atoms with Crippen LogP contribution in [0.25, 0.3) is 0 Å². The van der Waals surface area contributed by atoms with Crippen LogP contribution in [0.5, 0.6) is 5.75 Å². The fraction of sp³-hybridized carbons (Fsp3) is 0.588. The molecule has 0 aliphatic carbocycles. The summed E-state index contributed by atoms with van der Waals surface area (Å²) in [7, 11) is 5.97. The second kappa shape index (κ2) is 14.5. The lowest BCUT2D eigenvalue weighted by molar-refractivity contribution is -0.161. The minimum Gasteiger partial charge on any atom is -0.495 e. The highest BCUT2D eigenvalue weighted by atomic mass is 35.5. The van der Waals surface area contributed by atoms with Crippen molar-refractivity contribution >= 4 is 41.2 Å². The molecule has 2 saturated heterocycles. The van der Waals surface area contributed by atoms with Crippen LogP contribution >= 0.6 is 11.6 Å². The number of aliphatic hydroxyl groups is 1. The Labute approximate surface area is 286 Å². The molecule has 2 fully saturated rings. The van der Waals surface area contributed by atoms with E-state index in [2.05, 4.69) is 5.32 Å². The van der Waals surface area contributed by atoms with E-state index < -0.39 is 65.7 Å². The van der Waals surface area contributed by atoms with Crippen molar-refractivity contribution in [2.75, 3.05) is 33.2 Å². The number of amides is 3. The van der Waals surface area contributed by atoms with Gasteiger partial charge in [0, 0.05) is 40.5 Å². The molecule has 264 valence electrons. The first-order chi connectivity index (χ1) is 22.4. The SMILES string of the molecule is COc1cc2cc(c1Cl)N(C)C(=O)CC(OC(=O)[C@H](C)N(C)C(C)=O)[C@]1(C)O[C@H]1[C@H](C)[C@@H]1C[C@@](O)(NC(=O)O1)[C@H](OC)C=CC=C(C)C2. The van der Waals surface area contributed by atoms with Gasteiger partial charge in [-0.05, 0) is 44.9 Å². The van der Waals surface area contributed by atoms with Crippen LogP contribution in [0.4, 0.5) is 10.5 Å². The van der Waals surface area contributed by atoms with Gasteiger partial charge in [-0.3, -0.25) is 14.9 Å². The Bertz CT molecular complexity index is 1500. The van der Waals surface area contributed by atoms with Gasteiger partial charge in [-0.1, -0.05) is 42.3 Å². The summed E-state index contributed by atoms with van der Waals surface area (Å²) >= 11 is 6.71. The number of carbonyl (C=O) groups is 4. The van der Waals surface area contributed by atoms with E-state index in [4.69, 9.17) is 35.3 Å². The second-order valence-electron chi connectivity index (χ2n) is 13.0. The van der Waals surface area contributed by atoms with Crippen LogP contribution in [-0.4, -0.2) is 104 Å². The van der Waals surface area contributed by atoms with Gasteiger partial charge >= 0.3 is 12.1 Å². The number of fused-ring (bicyclic) bond motifs is 5. The molecule has 3 aliphatic heterocycles. The summed E-state index contributed by atoms with van der Waals surface area (Å²) < 4.78 is 28.9. The molecule has 0 spiro atoms. The van der Waals surface area contributed by atoms with Crippen LogP contribution in [0.2, 0.25) is 5.02 Å². The van der Waals surface area contributed by atoms with Crippen molar-refractivity contribution in [1.29, 1.82) is 0 Å². The fourth-order valence-electron chi connectivity index (χ4n) is 6.27. The first-order valence-corrected chi connectivity index (χ1v) is 16.2. The molecule has 3 heterocycles. The molecule has 13 nitrogen and oxygen atoms in total. The third kappa shape index (κ3) is 7.64. The zero-order valence-corrected chi connectivity index (χ0v) is 29.6. The molecule has 1 aromatic carbocycles. The van der Waals surface area contributed by atoms with Crippen LogP contribution in [-0.2, 0) is 39.8 Å². The Morgan fingerprint density at radius 1 is 1.25 bits per heavy atom. The number of hydrogen-bond donors (Lipinski definition) is 2. The molecule has 4 rings (SSSR count). The molecule has 14 heteroatoms. The predicted molar refractivity (Wildman–Crippen MR) is 177 cm³/mol. The third-order valence-electron chi connectivity index (χ3n) is 9.63. The summed E-state index contributed by atoms with van der Waals surface area (Å²) in [6, 6.07) is 2.63. The fourth-order valence-corrected chi connectivity index (χ4v) is 6.59. The van der Waals surface area contributed by atoms with E-state index >= 15 is 0 Å². The lowest BCUT2D eigenvalue weighted by atomic mass is 9.83. The van der Waals surface area contributed by atoms with Gasteiger partial charge in [0.05, 0.1) is 25.3 Å². The number of rotatable bonds is 5. The maximum atomic E-state index is 14.0. The van der Waals surface area contributed by atoms with Crippen LogP contribution < -0.4 is 15.0 Å². The van der Waals surface area contributed by atoms with Crippen molar-refractivity contribution in [2.24, 2.45) is 5.92 Å². The standard InChI is InChI=1S/C34H46ClN3O10/c1-18-11-10-12-26(45-9)34(43)17-25(46-32(42)36-34)19(2)30-33(5,48-30)27(47-31(41)20(3)37(6)21(4)39)16-28(40)38(7)23-14-22(13-18)15-24(44-8)29(23)35/h10-12,14-15,19-20,25-27,30,43H,13,16-17H2,1-9H3,(H,36,42)/t19-,20+,25+,26-,27?,30+,33+,34+/m1/s1. The van der Waals surface area contributed by atoms with E-state index in [0.717, 1.165) is 11.1 Å². The third-order valence-corrected chi connectivity index (χ3v) is 10.0. The number of hydrogen-bond acceptors (Lipinski definition) is 10. The highest BCUT2D eigenvalue weighted by Gasteiger charge is 2.64. The molecule has 8 atom stereocenters. The quantitative estimate of drug-likeness (QED) is 0.346. The van der Waals surface area contributed by atoms with E-state index in [-0.39, 0.29) is 23.8 Å². The number of epoxide rings is 1. The van der Waals surface area contributed by atoms with Crippen LogP contribution in [0, 0.1) is 5.92 Å². The number of ether oxygens (including phenoxy) is 5. The van der Waals surface area contributed by atoms with Crippen molar-refractivity contribution < 1.29 is 48.0 Å². The summed E-state index contributed by atoms with van der Waals surface area (Å²) in [5, 5.41) is 14.4. The molecule has 1 aromatic rings. The summed E-state index contributed by atoms with van der Waals surface area (Å²) in [5.74, 6) is -1.63. The largest absolute Gasteiger partial charge is 0.495 e. The van der Waals surface area contributed by atoms with E-state index in [9.17, 15) is 24.3 Å². The predicted octanol–water partition coefficient (Wildman–Crippen LogP) is 3.53. The number of esters is 1. The Hall–Kier alpha value is -3.65. The van der Waals surface area contributed by atoms with Crippen molar-refractivity contribution in [3.63, 3.8) is 0 Å². The van der Waals surface area contributed by atoms with Gasteiger partial charge in [-0.2, -0.15) is 0 Å². The second-order valence-corrected chi connectivity index (χ2v) is 13.4. The zero-order chi connectivity index (χ0) is 35.7. The van der Waals surface area contributed by atoms with Crippen LogP contribution in [0.1, 0.15) is 53.0 Å². The minimum absolute atomic E-state index is 0.0436. The molecule has 48 heavy (non-hydrogen) atoms. The van der Waals surface area contributed by atoms with Crippen molar-refractivity contribution in [3.8, 4) is 5.75 Å². The van der Waals surface area contributed by atoms with Gasteiger partial charge in [0.25, 0.3) is 0 Å². The first-order valence-electron chi connectivity index (χ1n) is 15.8. The van der Waals surface area contributed by atoms with Crippen molar-refractivity contribution in [1.82, 2.24) is 10.2 Å². The number of likely N-dealkylation sites (N-methyl/N-ethyl adjacent to an activating group) is 1. The number of carbonyl (C=O) groups excluding carboxylic acids is 4. The van der Waals surface area contributed by atoms with E-state index in [1.165, 1.54) is 44.9 Å². The highest BCUT2D eigenvalue weighted by molar-refractivity contribution is 6.35. The summed E-state index contributed by atoms with van der Waals surface area (Å²) in [6.45, 7) is 8.29. The smallest absolute Gasteiger partial charge is 0.409 e. The van der Waals surface area contributed by atoms with Crippen LogP contribution in [0.15, 0.2) is 35.9 Å². The highest BCUT2D eigenvalue weighted by Crippen LogP contribution is 2.49. The Morgan fingerprint density at radius 3 is 2.56 bits per heavy atom. The molecular formula is C34H46ClN3O10. The molecule has 0 radical (unpaired) electrons. The molecule has 0 saturated carbocycles. The number of methoxy groups -OCH3 is 2. The summed E-state index contributed by atoms with van der Waals surface area (Å²) in [5.41, 5.74) is -0.871. The van der Waals surface area contributed by atoms with Gasteiger partial charge in [-0.25, -0.2) is 9.59 Å². The number of halogens is 1. The van der Waals surface area contributed by atoms with Gasteiger partial charge in [-0.15, -0.1) is 0 Å². The molecule has 0 aromatic heterocycles. The van der Waals surface area contributed by atoms with Crippen molar-refractivity contribution in [3.05, 3.63) is 46.5 Å². The Morgan fingerprint density at radius 2 is 1.94 bits per heavy atom. The number of allylic oxidation sites excluding steroid dienone is 3. The topological polar surface area (TPSA) is 156 Å². The average Bonchev–Trinajstić information content (AvgIpc) is 3.73. The monoisotopic (exact) mass is 691 g/mol. The number of alkyl carbamates (subject to hydrolysis) is 1. The molecule has 3 amide bonds. The Kier molecular flexibility index (Phi) is 11.2.